The number of aromatic nitrogens is 1. The molecule has 0 saturated heterocycles. The van der Waals surface area contributed by atoms with Gasteiger partial charge in [-0.25, -0.2) is 4.98 Å². The first-order valence-electron chi connectivity index (χ1n) is 5.53. The van der Waals surface area contributed by atoms with E-state index in [0.29, 0.717) is 6.61 Å². The molecule has 0 fully saturated rings. The minimum atomic E-state index is -0.599. The van der Waals surface area contributed by atoms with Crippen molar-refractivity contribution < 1.29 is 9.84 Å². The van der Waals surface area contributed by atoms with Crippen molar-refractivity contribution in [3.05, 3.63) is 45.9 Å². The number of aryl methyl sites for hydroxylation is 1. The van der Waals surface area contributed by atoms with Crippen molar-refractivity contribution in [2.45, 2.75) is 20.0 Å². The molecule has 1 aromatic heterocycles. The Morgan fingerprint density at radius 2 is 2.06 bits per heavy atom. The summed E-state index contributed by atoms with van der Waals surface area (Å²) >= 11 is 1.47. The molecule has 4 heteroatoms. The molecule has 2 rings (SSSR count). The van der Waals surface area contributed by atoms with Gasteiger partial charge < -0.3 is 9.84 Å². The molecule has 1 unspecified atom stereocenters. The quantitative estimate of drug-likeness (QED) is 0.906. The summed E-state index contributed by atoms with van der Waals surface area (Å²) < 4.78 is 5.36. The highest BCUT2D eigenvalue weighted by Crippen LogP contribution is 2.28. The average Bonchev–Trinajstić information content (AvgIpc) is 2.76. The van der Waals surface area contributed by atoms with Crippen molar-refractivity contribution in [2.75, 3.05) is 6.61 Å². The SMILES string of the molecule is CCOc1ccc(C(O)c2scnc2C)cc1. The molecule has 3 nitrogen and oxygen atoms in total. The Bertz CT molecular complexity index is 478. The third kappa shape index (κ3) is 2.65. The van der Waals surface area contributed by atoms with Gasteiger partial charge >= 0.3 is 0 Å². The molecule has 0 spiro atoms. The van der Waals surface area contributed by atoms with E-state index in [-0.39, 0.29) is 0 Å². The molecular weight excluding hydrogens is 234 g/mol. The van der Waals surface area contributed by atoms with Gasteiger partial charge in [-0.2, -0.15) is 0 Å². The molecule has 0 aliphatic carbocycles. The van der Waals surface area contributed by atoms with Gasteiger partial charge in [0.1, 0.15) is 11.9 Å². The molecule has 0 saturated carbocycles. The van der Waals surface area contributed by atoms with Crippen LogP contribution in [0.5, 0.6) is 5.75 Å². The summed E-state index contributed by atoms with van der Waals surface area (Å²) in [6.45, 7) is 4.50. The fourth-order valence-corrected chi connectivity index (χ4v) is 2.45. The lowest BCUT2D eigenvalue weighted by Gasteiger charge is -2.10. The third-order valence-corrected chi connectivity index (χ3v) is 3.52. The molecule has 90 valence electrons. The Labute approximate surface area is 105 Å². The predicted molar refractivity (Wildman–Crippen MR) is 68.5 cm³/mol. The molecule has 1 N–H and O–H groups in total. The van der Waals surface area contributed by atoms with Gasteiger partial charge in [-0.3, -0.25) is 0 Å². The van der Waals surface area contributed by atoms with E-state index in [0.717, 1.165) is 21.9 Å². The molecule has 1 heterocycles. The first-order valence-corrected chi connectivity index (χ1v) is 6.41. The number of hydrogen-bond donors (Lipinski definition) is 1. The largest absolute Gasteiger partial charge is 0.494 e. The fraction of sp³-hybridized carbons (Fsp3) is 0.308. The van der Waals surface area contributed by atoms with E-state index in [1.165, 1.54) is 11.3 Å². The molecule has 17 heavy (non-hydrogen) atoms. The number of aliphatic hydroxyl groups excluding tert-OH is 1. The Morgan fingerprint density at radius 1 is 1.35 bits per heavy atom. The number of benzene rings is 1. The van der Waals surface area contributed by atoms with E-state index in [1.54, 1.807) is 5.51 Å². The minimum absolute atomic E-state index is 0.599. The van der Waals surface area contributed by atoms with Crippen LogP contribution in [0.3, 0.4) is 0 Å². The number of rotatable bonds is 4. The fourth-order valence-electron chi connectivity index (χ4n) is 1.64. The van der Waals surface area contributed by atoms with Crippen molar-refractivity contribution in [1.29, 1.82) is 0 Å². The second-order valence-corrected chi connectivity index (χ2v) is 4.59. The Balaban J connectivity index is 2.20. The van der Waals surface area contributed by atoms with Crippen molar-refractivity contribution >= 4 is 11.3 Å². The van der Waals surface area contributed by atoms with E-state index in [9.17, 15) is 5.11 Å². The Kier molecular flexibility index (Phi) is 3.76. The molecule has 1 atom stereocenters. The summed E-state index contributed by atoms with van der Waals surface area (Å²) in [5, 5.41) is 10.2. The zero-order valence-electron chi connectivity index (χ0n) is 9.88. The highest BCUT2D eigenvalue weighted by Gasteiger charge is 2.14. The summed E-state index contributed by atoms with van der Waals surface area (Å²) in [5.41, 5.74) is 3.50. The lowest BCUT2D eigenvalue weighted by Crippen LogP contribution is -1.99. The maximum atomic E-state index is 10.2. The van der Waals surface area contributed by atoms with Gasteiger partial charge in [0.2, 0.25) is 0 Å². The lowest BCUT2D eigenvalue weighted by molar-refractivity contribution is 0.223. The van der Waals surface area contributed by atoms with Crippen LogP contribution in [0.15, 0.2) is 29.8 Å². The summed E-state index contributed by atoms with van der Waals surface area (Å²) in [6, 6.07) is 7.51. The number of thiazole rings is 1. The van der Waals surface area contributed by atoms with Crippen LogP contribution in [-0.4, -0.2) is 16.7 Å². The molecular formula is C13H15NO2S. The average molecular weight is 249 g/mol. The van der Waals surface area contributed by atoms with Gasteiger partial charge in [0.15, 0.2) is 0 Å². The zero-order chi connectivity index (χ0) is 12.3. The number of hydrogen-bond acceptors (Lipinski definition) is 4. The molecule has 0 bridgehead atoms. The molecule has 1 aromatic carbocycles. The van der Waals surface area contributed by atoms with Crippen LogP contribution in [0.2, 0.25) is 0 Å². The molecule has 2 aromatic rings. The highest BCUT2D eigenvalue weighted by molar-refractivity contribution is 7.09. The van der Waals surface area contributed by atoms with E-state index in [1.807, 2.05) is 38.1 Å². The smallest absolute Gasteiger partial charge is 0.119 e. The topological polar surface area (TPSA) is 42.4 Å². The van der Waals surface area contributed by atoms with Gasteiger partial charge in [0.25, 0.3) is 0 Å². The van der Waals surface area contributed by atoms with Crippen molar-refractivity contribution in [3.8, 4) is 5.75 Å². The lowest BCUT2D eigenvalue weighted by atomic mass is 10.1. The van der Waals surface area contributed by atoms with Crippen LogP contribution in [0.1, 0.15) is 29.2 Å². The van der Waals surface area contributed by atoms with Crippen LogP contribution >= 0.6 is 11.3 Å². The third-order valence-electron chi connectivity index (χ3n) is 2.54. The number of ether oxygens (including phenoxy) is 1. The van der Waals surface area contributed by atoms with Crippen LogP contribution in [0.4, 0.5) is 0 Å². The van der Waals surface area contributed by atoms with E-state index in [2.05, 4.69) is 4.98 Å². The van der Waals surface area contributed by atoms with Crippen molar-refractivity contribution in [2.24, 2.45) is 0 Å². The van der Waals surface area contributed by atoms with Crippen LogP contribution in [-0.2, 0) is 0 Å². The first-order chi connectivity index (χ1) is 8.22. The summed E-state index contributed by atoms with van der Waals surface area (Å²) in [5.74, 6) is 0.824. The van der Waals surface area contributed by atoms with Gasteiger partial charge in [-0.05, 0) is 31.5 Å². The van der Waals surface area contributed by atoms with Gasteiger partial charge in [0.05, 0.1) is 22.7 Å². The predicted octanol–water partition coefficient (Wildman–Crippen LogP) is 2.93. The molecule has 0 amide bonds. The minimum Gasteiger partial charge on any atom is -0.494 e. The standard InChI is InChI=1S/C13H15NO2S/c1-3-16-11-6-4-10(5-7-11)12(15)13-9(2)14-8-17-13/h4-8,12,15H,3H2,1-2H3. The molecule has 0 radical (unpaired) electrons. The van der Waals surface area contributed by atoms with Gasteiger partial charge in [0, 0.05) is 0 Å². The maximum Gasteiger partial charge on any atom is 0.119 e. The molecule has 0 aliphatic rings. The van der Waals surface area contributed by atoms with E-state index >= 15 is 0 Å². The second-order valence-electron chi connectivity index (χ2n) is 3.71. The van der Waals surface area contributed by atoms with Gasteiger partial charge in [-0.1, -0.05) is 12.1 Å². The summed E-state index contributed by atoms with van der Waals surface area (Å²) in [4.78, 5) is 5.04. The second kappa shape index (κ2) is 5.29. The van der Waals surface area contributed by atoms with E-state index < -0.39 is 6.10 Å². The maximum absolute atomic E-state index is 10.2. The number of nitrogens with zero attached hydrogens (tertiary/aromatic N) is 1. The van der Waals surface area contributed by atoms with Crippen molar-refractivity contribution in [1.82, 2.24) is 4.98 Å². The normalized spacial score (nSPS) is 12.4. The Hall–Kier alpha value is -1.39. The number of aliphatic hydroxyl groups is 1. The van der Waals surface area contributed by atoms with Crippen LogP contribution in [0.25, 0.3) is 0 Å². The van der Waals surface area contributed by atoms with Gasteiger partial charge in [-0.15, -0.1) is 11.3 Å². The summed E-state index contributed by atoms with van der Waals surface area (Å²) in [6.07, 6.45) is -0.599. The first kappa shape index (κ1) is 12.1. The Morgan fingerprint density at radius 3 is 2.59 bits per heavy atom. The molecule has 0 aliphatic heterocycles. The van der Waals surface area contributed by atoms with E-state index in [4.69, 9.17) is 4.74 Å². The monoisotopic (exact) mass is 249 g/mol. The summed E-state index contributed by atoms with van der Waals surface area (Å²) in [7, 11) is 0. The van der Waals surface area contributed by atoms with Crippen LogP contribution in [0, 0.1) is 6.92 Å². The highest BCUT2D eigenvalue weighted by atomic mass is 32.1. The van der Waals surface area contributed by atoms with Crippen molar-refractivity contribution in [3.63, 3.8) is 0 Å². The van der Waals surface area contributed by atoms with Crippen LogP contribution < -0.4 is 4.74 Å². The zero-order valence-corrected chi connectivity index (χ0v) is 10.7.